The van der Waals surface area contributed by atoms with Gasteiger partial charge in [0.05, 0.1) is 30.7 Å². The van der Waals surface area contributed by atoms with Gasteiger partial charge >= 0.3 is 0 Å². The second-order valence-corrected chi connectivity index (χ2v) is 7.93. The summed E-state index contributed by atoms with van der Waals surface area (Å²) in [4.78, 5) is 31.1. The van der Waals surface area contributed by atoms with Crippen LogP contribution in [-0.2, 0) is 9.59 Å². The molecule has 2 aromatic heterocycles. The summed E-state index contributed by atoms with van der Waals surface area (Å²) < 4.78 is 1.96. The van der Waals surface area contributed by atoms with Crippen molar-refractivity contribution in [1.29, 1.82) is 0 Å². The number of pyridine rings is 1. The number of rotatable bonds is 6. The monoisotopic (exact) mass is 396 g/mol. The fourth-order valence-electron chi connectivity index (χ4n) is 4.27. The van der Waals surface area contributed by atoms with Crippen LogP contribution in [0.4, 0.5) is 11.5 Å². The molecule has 2 aliphatic rings. The summed E-state index contributed by atoms with van der Waals surface area (Å²) in [6.07, 6.45) is 11.3. The van der Waals surface area contributed by atoms with E-state index in [0.29, 0.717) is 12.6 Å². The third-order valence-corrected chi connectivity index (χ3v) is 5.86. The fourth-order valence-corrected chi connectivity index (χ4v) is 4.27. The zero-order valence-electron chi connectivity index (χ0n) is 16.6. The van der Waals surface area contributed by atoms with Crippen molar-refractivity contribution in [2.75, 3.05) is 30.3 Å². The molecule has 0 radical (unpaired) electrons. The summed E-state index contributed by atoms with van der Waals surface area (Å²) in [5, 5.41) is 10.3. The molecule has 4 rings (SSSR count). The van der Waals surface area contributed by atoms with E-state index in [4.69, 9.17) is 0 Å². The summed E-state index contributed by atoms with van der Waals surface area (Å²) in [7, 11) is 0. The third kappa shape index (κ3) is 5.00. The van der Waals surface area contributed by atoms with Crippen molar-refractivity contribution in [3.05, 3.63) is 36.8 Å². The van der Waals surface area contributed by atoms with E-state index in [1.807, 2.05) is 16.8 Å². The number of likely N-dealkylation sites (tertiary alicyclic amines) is 1. The van der Waals surface area contributed by atoms with Crippen LogP contribution >= 0.6 is 0 Å². The quantitative estimate of drug-likeness (QED) is 0.783. The Morgan fingerprint density at radius 1 is 1.03 bits per heavy atom. The minimum Gasteiger partial charge on any atom is -0.324 e. The van der Waals surface area contributed by atoms with Crippen LogP contribution in [0.25, 0.3) is 0 Å². The van der Waals surface area contributed by atoms with Gasteiger partial charge in [0.1, 0.15) is 5.82 Å². The van der Waals surface area contributed by atoms with Gasteiger partial charge in [-0.25, -0.2) is 4.68 Å². The van der Waals surface area contributed by atoms with E-state index < -0.39 is 0 Å². The van der Waals surface area contributed by atoms with Gasteiger partial charge in [0.2, 0.25) is 11.8 Å². The number of amides is 2. The van der Waals surface area contributed by atoms with E-state index in [1.165, 1.54) is 12.8 Å². The van der Waals surface area contributed by atoms with Gasteiger partial charge in [0.25, 0.3) is 0 Å². The lowest BCUT2D eigenvalue weighted by Crippen LogP contribution is -2.42. The van der Waals surface area contributed by atoms with Crippen LogP contribution in [0.15, 0.2) is 36.8 Å². The number of carbonyl (C=O) groups is 2. The molecule has 0 unspecified atom stereocenters. The van der Waals surface area contributed by atoms with Crippen LogP contribution in [0.1, 0.15) is 44.6 Å². The van der Waals surface area contributed by atoms with Crippen LogP contribution < -0.4 is 10.6 Å². The maximum atomic E-state index is 12.5. The second kappa shape index (κ2) is 9.17. The zero-order valence-corrected chi connectivity index (χ0v) is 16.6. The van der Waals surface area contributed by atoms with Gasteiger partial charge in [0, 0.05) is 18.2 Å². The fraction of sp³-hybridized carbons (Fsp3) is 0.524. The van der Waals surface area contributed by atoms with Crippen molar-refractivity contribution in [2.45, 2.75) is 44.6 Å². The predicted octanol–water partition coefficient (Wildman–Crippen LogP) is 2.68. The number of aromatic nitrogens is 3. The Bertz CT molecular complexity index is 823. The van der Waals surface area contributed by atoms with Gasteiger partial charge in [-0.3, -0.25) is 19.5 Å². The van der Waals surface area contributed by atoms with E-state index >= 15 is 0 Å². The lowest BCUT2D eigenvalue weighted by atomic mass is 9.96. The molecular weight excluding hydrogens is 368 g/mol. The lowest BCUT2D eigenvalue weighted by Gasteiger charge is -2.30. The van der Waals surface area contributed by atoms with Crippen LogP contribution in [-0.4, -0.2) is 51.1 Å². The maximum absolute atomic E-state index is 12.5. The highest BCUT2D eigenvalue weighted by Crippen LogP contribution is 2.31. The molecule has 1 saturated carbocycles. The molecule has 8 heteroatoms. The smallest absolute Gasteiger partial charge is 0.239 e. The normalized spacial score (nSPS) is 18.6. The van der Waals surface area contributed by atoms with Crippen molar-refractivity contribution < 1.29 is 9.59 Å². The molecule has 0 aromatic carbocycles. The summed E-state index contributed by atoms with van der Waals surface area (Å²) in [6.45, 7) is 1.81. The molecule has 2 aromatic rings. The van der Waals surface area contributed by atoms with Gasteiger partial charge in [-0.1, -0.05) is 12.8 Å². The molecule has 1 aliphatic carbocycles. The molecule has 0 spiro atoms. The SMILES string of the molecule is O=C(CN1CCC(C(=O)Nc2cccnc2)CC1)Nc1ccnn1C1CCCC1. The molecule has 29 heavy (non-hydrogen) atoms. The van der Waals surface area contributed by atoms with E-state index in [9.17, 15) is 9.59 Å². The Morgan fingerprint density at radius 2 is 1.83 bits per heavy atom. The molecular formula is C21H28N6O2. The molecule has 1 saturated heterocycles. The number of piperidine rings is 1. The number of carbonyl (C=O) groups excluding carboxylic acids is 2. The van der Waals surface area contributed by atoms with Gasteiger partial charge in [0.15, 0.2) is 0 Å². The summed E-state index contributed by atoms with van der Waals surface area (Å²) in [5.41, 5.74) is 0.721. The van der Waals surface area contributed by atoms with Crippen molar-refractivity contribution in [3.63, 3.8) is 0 Å². The Balaban J connectivity index is 1.23. The topological polar surface area (TPSA) is 92.2 Å². The Kier molecular flexibility index (Phi) is 6.19. The molecule has 0 atom stereocenters. The first kappa shape index (κ1) is 19.6. The number of nitrogens with zero attached hydrogens (tertiary/aromatic N) is 4. The molecule has 154 valence electrons. The van der Waals surface area contributed by atoms with E-state index in [2.05, 4.69) is 25.6 Å². The number of hydrogen-bond acceptors (Lipinski definition) is 5. The highest BCUT2D eigenvalue weighted by atomic mass is 16.2. The van der Waals surface area contributed by atoms with Gasteiger partial charge in [-0.2, -0.15) is 5.10 Å². The molecule has 3 heterocycles. The minimum absolute atomic E-state index is 0.0250. The predicted molar refractivity (Wildman–Crippen MR) is 110 cm³/mol. The Labute approximate surface area is 170 Å². The number of anilines is 2. The van der Waals surface area contributed by atoms with E-state index in [1.54, 1.807) is 24.7 Å². The molecule has 1 aliphatic heterocycles. The highest BCUT2D eigenvalue weighted by molar-refractivity contribution is 5.93. The second-order valence-electron chi connectivity index (χ2n) is 7.93. The van der Waals surface area contributed by atoms with Crippen molar-refractivity contribution >= 4 is 23.3 Å². The van der Waals surface area contributed by atoms with Gasteiger partial charge in [-0.05, 0) is 50.9 Å². The Hall–Kier alpha value is -2.74. The van der Waals surface area contributed by atoms with E-state index in [0.717, 1.165) is 50.3 Å². The van der Waals surface area contributed by atoms with Crippen LogP contribution in [0.3, 0.4) is 0 Å². The van der Waals surface area contributed by atoms with Crippen LogP contribution in [0.5, 0.6) is 0 Å². The molecule has 2 fully saturated rings. The van der Waals surface area contributed by atoms with Crippen LogP contribution in [0.2, 0.25) is 0 Å². The standard InChI is InChI=1S/C21H28N6O2/c28-20(25-19-7-11-23-27(19)18-5-1-2-6-18)15-26-12-8-16(9-13-26)21(29)24-17-4-3-10-22-14-17/h3-4,7,10-11,14,16,18H,1-2,5-6,8-9,12-13,15H2,(H,24,29)(H,25,28). The zero-order chi connectivity index (χ0) is 20.1. The maximum Gasteiger partial charge on any atom is 0.239 e. The number of nitrogens with one attached hydrogen (secondary N) is 2. The Morgan fingerprint density at radius 3 is 2.55 bits per heavy atom. The van der Waals surface area contributed by atoms with Gasteiger partial charge in [-0.15, -0.1) is 0 Å². The summed E-state index contributed by atoms with van der Waals surface area (Å²) >= 11 is 0. The largest absolute Gasteiger partial charge is 0.324 e. The van der Waals surface area contributed by atoms with Crippen LogP contribution in [0, 0.1) is 5.92 Å². The van der Waals surface area contributed by atoms with E-state index in [-0.39, 0.29) is 17.7 Å². The lowest BCUT2D eigenvalue weighted by molar-refractivity contribution is -0.121. The molecule has 2 amide bonds. The molecule has 2 N–H and O–H groups in total. The van der Waals surface area contributed by atoms with Crippen molar-refractivity contribution in [1.82, 2.24) is 19.7 Å². The minimum atomic E-state index is -0.0293. The highest BCUT2D eigenvalue weighted by Gasteiger charge is 2.26. The summed E-state index contributed by atoms with van der Waals surface area (Å²) in [5.74, 6) is 0.761. The molecule has 0 bridgehead atoms. The third-order valence-electron chi connectivity index (χ3n) is 5.86. The first-order valence-corrected chi connectivity index (χ1v) is 10.5. The average molecular weight is 396 g/mol. The summed E-state index contributed by atoms with van der Waals surface area (Å²) in [6, 6.07) is 5.90. The first-order valence-electron chi connectivity index (χ1n) is 10.5. The van der Waals surface area contributed by atoms with Crippen molar-refractivity contribution in [2.24, 2.45) is 5.92 Å². The molecule has 8 nitrogen and oxygen atoms in total. The van der Waals surface area contributed by atoms with Crippen molar-refractivity contribution in [3.8, 4) is 0 Å². The number of hydrogen-bond donors (Lipinski definition) is 2. The average Bonchev–Trinajstić information content (AvgIpc) is 3.41. The van der Waals surface area contributed by atoms with Gasteiger partial charge < -0.3 is 10.6 Å². The first-order chi connectivity index (χ1) is 14.2.